The quantitative estimate of drug-likeness (QED) is 0.168. The summed E-state index contributed by atoms with van der Waals surface area (Å²) < 4.78 is 7.36. The van der Waals surface area contributed by atoms with Crippen LogP contribution in [0.1, 0.15) is 0 Å². The van der Waals surface area contributed by atoms with Crippen molar-refractivity contribution in [2.24, 2.45) is 0 Å². The Morgan fingerprint density at radius 2 is 0.667 bits per heavy atom. The second kappa shape index (κ2) is 12.5. The van der Waals surface area contributed by atoms with Crippen molar-refractivity contribution >= 4 is 65.4 Å². The van der Waals surface area contributed by atoms with Gasteiger partial charge in [-0.1, -0.05) is 146 Å². The van der Waals surface area contributed by atoms with Crippen molar-refractivity contribution < 1.29 is 0 Å². The largest absolute Gasteiger partial charge is 0.309 e. The molecule has 266 valence electrons. The fourth-order valence-electron chi connectivity index (χ4n) is 9.34. The molecule has 12 aromatic rings. The molecular weight excluding hydrogens is 691 g/mol. The van der Waals surface area contributed by atoms with Gasteiger partial charge in [0.15, 0.2) is 0 Å². The van der Waals surface area contributed by atoms with E-state index in [1.54, 1.807) is 0 Å². The number of nitrogens with zero attached hydrogens (tertiary/aromatic N) is 3. The molecule has 3 nitrogen and oxygen atoms in total. The molecule has 0 N–H and O–H groups in total. The highest BCUT2D eigenvalue weighted by molar-refractivity contribution is 6.16. The Hall–Kier alpha value is -7.62. The lowest BCUT2D eigenvalue weighted by Crippen LogP contribution is -2.01. The van der Waals surface area contributed by atoms with Crippen molar-refractivity contribution in [2.75, 3.05) is 0 Å². The Balaban J connectivity index is 1.10. The maximum absolute atomic E-state index is 2.48. The van der Waals surface area contributed by atoms with E-state index >= 15 is 0 Å². The summed E-state index contributed by atoms with van der Waals surface area (Å²) in [5.41, 5.74) is 15.4. The Labute approximate surface area is 329 Å². The van der Waals surface area contributed by atoms with Gasteiger partial charge in [-0.25, -0.2) is 0 Å². The molecule has 3 heteroatoms. The molecule has 0 atom stereocenters. The standard InChI is InChI=1S/C54H35N3/c1-2-15-36(16-3-1)37-17-12-18-38(33-37)39-19-13-20-40(34-39)56-50-28-10-6-23-44(50)46-25-14-30-53(54(46)56)57-51-29-11-7-24-45(51)47-35-41(31-32-52(47)57)55-48-26-8-4-21-42(48)43-22-5-9-27-49(43)55/h1-35H. The van der Waals surface area contributed by atoms with E-state index in [0.717, 1.165) is 17.1 Å². The highest BCUT2D eigenvalue weighted by Crippen LogP contribution is 2.41. The van der Waals surface area contributed by atoms with Crippen molar-refractivity contribution in [2.45, 2.75) is 0 Å². The summed E-state index contributed by atoms with van der Waals surface area (Å²) >= 11 is 0. The lowest BCUT2D eigenvalue weighted by Gasteiger charge is -2.15. The number of hydrogen-bond acceptors (Lipinski definition) is 0. The first-order valence-corrected chi connectivity index (χ1v) is 19.6. The Bertz CT molecular complexity index is 3470. The second-order valence-electron chi connectivity index (χ2n) is 14.9. The molecule has 0 amide bonds. The monoisotopic (exact) mass is 725 g/mol. The van der Waals surface area contributed by atoms with Crippen molar-refractivity contribution in [3.05, 3.63) is 212 Å². The molecule has 0 radical (unpaired) electrons. The smallest absolute Gasteiger partial charge is 0.0782 e. The molecule has 0 bridgehead atoms. The van der Waals surface area contributed by atoms with E-state index in [4.69, 9.17) is 0 Å². The van der Waals surface area contributed by atoms with E-state index in [2.05, 4.69) is 226 Å². The summed E-state index contributed by atoms with van der Waals surface area (Å²) in [5, 5.41) is 7.46. The molecule has 3 aromatic heterocycles. The average Bonchev–Trinajstić information content (AvgIpc) is 3.92. The maximum Gasteiger partial charge on any atom is 0.0782 e. The van der Waals surface area contributed by atoms with Crippen LogP contribution in [0.15, 0.2) is 212 Å². The fraction of sp³-hybridized carbons (Fsp3) is 0. The van der Waals surface area contributed by atoms with Gasteiger partial charge in [0.1, 0.15) is 0 Å². The van der Waals surface area contributed by atoms with Crippen LogP contribution in [0.5, 0.6) is 0 Å². The second-order valence-corrected chi connectivity index (χ2v) is 14.9. The molecule has 0 saturated carbocycles. The molecule has 9 aromatic carbocycles. The van der Waals surface area contributed by atoms with Crippen molar-refractivity contribution in [3.8, 4) is 39.3 Å². The lowest BCUT2D eigenvalue weighted by molar-refractivity contribution is 1.13. The topological polar surface area (TPSA) is 14.8 Å². The van der Waals surface area contributed by atoms with E-state index in [1.165, 1.54) is 87.7 Å². The van der Waals surface area contributed by atoms with E-state index < -0.39 is 0 Å². The van der Waals surface area contributed by atoms with Gasteiger partial charge in [0, 0.05) is 43.7 Å². The van der Waals surface area contributed by atoms with E-state index in [9.17, 15) is 0 Å². The zero-order chi connectivity index (χ0) is 37.5. The third-order valence-corrected chi connectivity index (χ3v) is 11.8. The van der Waals surface area contributed by atoms with Crippen molar-refractivity contribution in [1.82, 2.24) is 13.7 Å². The van der Waals surface area contributed by atoms with Crippen LogP contribution in [-0.4, -0.2) is 13.7 Å². The summed E-state index contributed by atoms with van der Waals surface area (Å²) in [4.78, 5) is 0. The van der Waals surface area contributed by atoms with Gasteiger partial charge in [-0.15, -0.1) is 0 Å². The Morgan fingerprint density at radius 3 is 1.35 bits per heavy atom. The van der Waals surface area contributed by atoms with Crippen molar-refractivity contribution in [1.29, 1.82) is 0 Å². The van der Waals surface area contributed by atoms with E-state index in [1.807, 2.05) is 0 Å². The van der Waals surface area contributed by atoms with E-state index in [-0.39, 0.29) is 0 Å². The third kappa shape index (κ3) is 4.79. The van der Waals surface area contributed by atoms with Gasteiger partial charge in [0.05, 0.1) is 38.8 Å². The van der Waals surface area contributed by atoms with Crippen molar-refractivity contribution in [3.63, 3.8) is 0 Å². The molecule has 0 saturated heterocycles. The SMILES string of the molecule is c1ccc(-c2cccc(-c3cccc(-n4c5ccccc5c5cccc(-n6c7ccccc7c7cc(-n8c9ccccc9c9ccccc98)ccc76)c54)c3)c2)cc1. The molecule has 0 spiro atoms. The number of aromatic nitrogens is 3. The zero-order valence-corrected chi connectivity index (χ0v) is 31.0. The highest BCUT2D eigenvalue weighted by atomic mass is 15.1. The first-order chi connectivity index (χ1) is 28.3. The molecule has 57 heavy (non-hydrogen) atoms. The summed E-state index contributed by atoms with van der Waals surface area (Å²) in [6.45, 7) is 0. The number of para-hydroxylation sites is 5. The minimum Gasteiger partial charge on any atom is -0.309 e. The first kappa shape index (κ1) is 31.7. The minimum absolute atomic E-state index is 1.13. The summed E-state index contributed by atoms with van der Waals surface area (Å²) in [6, 6.07) is 77.4. The van der Waals surface area contributed by atoms with Crippen LogP contribution in [0.2, 0.25) is 0 Å². The van der Waals surface area contributed by atoms with Gasteiger partial charge < -0.3 is 13.7 Å². The predicted molar refractivity (Wildman–Crippen MR) is 240 cm³/mol. The molecule has 0 aliphatic rings. The van der Waals surface area contributed by atoms with Crippen LogP contribution in [-0.2, 0) is 0 Å². The van der Waals surface area contributed by atoms with Crippen LogP contribution < -0.4 is 0 Å². The molecule has 0 unspecified atom stereocenters. The Morgan fingerprint density at radius 1 is 0.228 bits per heavy atom. The van der Waals surface area contributed by atoms with Gasteiger partial charge in [-0.3, -0.25) is 0 Å². The lowest BCUT2D eigenvalue weighted by atomic mass is 9.99. The first-order valence-electron chi connectivity index (χ1n) is 19.6. The van der Waals surface area contributed by atoms with Gasteiger partial charge in [-0.2, -0.15) is 0 Å². The van der Waals surface area contributed by atoms with E-state index in [0.29, 0.717) is 0 Å². The maximum atomic E-state index is 2.48. The molecule has 0 aliphatic carbocycles. The zero-order valence-electron chi connectivity index (χ0n) is 31.0. The Kier molecular flexibility index (Phi) is 6.93. The molecule has 0 fully saturated rings. The van der Waals surface area contributed by atoms with Crippen LogP contribution in [0.3, 0.4) is 0 Å². The van der Waals surface area contributed by atoms with Crippen LogP contribution in [0.4, 0.5) is 0 Å². The van der Waals surface area contributed by atoms with Crippen LogP contribution in [0.25, 0.3) is 105 Å². The summed E-state index contributed by atoms with van der Waals surface area (Å²) in [6.07, 6.45) is 0. The molecule has 0 aliphatic heterocycles. The number of fused-ring (bicyclic) bond motifs is 9. The van der Waals surface area contributed by atoms with Crippen LogP contribution in [0, 0.1) is 0 Å². The third-order valence-electron chi connectivity index (χ3n) is 11.8. The number of benzene rings is 9. The summed E-state index contributed by atoms with van der Waals surface area (Å²) in [5.74, 6) is 0. The molecule has 3 heterocycles. The minimum atomic E-state index is 1.13. The molecular formula is C54H35N3. The normalized spacial score (nSPS) is 11.9. The van der Waals surface area contributed by atoms with Crippen LogP contribution >= 0.6 is 0 Å². The van der Waals surface area contributed by atoms with Gasteiger partial charge in [0.2, 0.25) is 0 Å². The van der Waals surface area contributed by atoms with Gasteiger partial charge in [-0.05, 0) is 89.0 Å². The summed E-state index contributed by atoms with van der Waals surface area (Å²) in [7, 11) is 0. The van der Waals surface area contributed by atoms with Gasteiger partial charge >= 0.3 is 0 Å². The molecule has 12 rings (SSSR count). The average molecular weight is 726 g/mol. The fourth-order valence-corrected chi connectivity index (χ4v) is 9.34. The number of hydrogen-bond donors (Lipinski definition) is 0. The van der Waals surface area contributed by atoms with Gasteiger partial charge in [0.25, 0.3) is 0 Å². The predicted octanol–water partition coefficient (Wildman–Crippen LogP) is 14.3. The number of rotatable bonds is 5. The highest BCUT2D eigenvalue weighted by Gasteiger charge is 2.21.